The third kappa shape index (κ3) is 3.72. The lowest BCUT2D eigenvalue weighted by atomic mass is 9.94. The Kier molecular flexibility index (Phi) is 6.20. The van der Waals surface area contributed by atoms with Crippen LogP contribution in [0.3, 0.4) is 0 Å². The number of allylic oxidation sites excluding steroid dienone is 4. The van der Waals surface area contributed by atoms with E-state index < -0.39 is 9.52 Å². The third-order valence-electron chi connectivity index (χ3n) is 7.00. The van der Waals surface area contributed by atoms with E-state index in [2.05, 4.69) is 68.4 Å². The maximum Gasteiger partial charge on any atom is 0.0709 e. The monoisotopic (exact) mass is 354 g/mol. The molecule has 0 amide bonds. The zero-order chi connectivity index (χ0) is 18.9. The molecule has 0 N–H and O–H groups in total. The van der Waals surface area contributed by atoms with Gasteiger partial charge in [-0.2, -0.15) is 0 Å². The minimum atomic E-state index is -0.428. The minimum Gasteiger partial charge on any atom is -0.0744 e. The largest absolute Gasteiger partial charge is 0.0744 e. The average Bonchev–Trinajstić information content (AvgIpc) is 2.78. The molecule has 0 heterocycles. The zero-order valence-electron chi connectivity index (χ0n) is 18.1. The standard InChI is InChI=1S/C24H38Si/c1-10-11-12-13-22-16(3)15(2)14-24(22,9)25-23-20(7)18(5)17(4)19(6)21(23)8/h14H,10-13,25H2,1-9H3. The lowest BCUT2D eigenvalue weighted by Gasteiger charge is -2.30. The summed E-state index contributed by atoms with van der Waals surface area (Å²) >= 11 is 0. The number of rotatable bonds is 6. The van der Waals surface area contributed by atoms with E-state index >= 15 is 0 Å². The Labute approximate surface area is 158 Å². The van der Waals surface area contributed by atoms with Crippen molar-refractivity contribution in [3.63, 3.8) is 0 Å². The molecule has 0 saturated carbocycles. The van der Waals surface area contributed by atoms with E-state index in [0.717, 1.165) is 0 Å². The average molecular weight is 355 g/mol. The molecule has 138 valence electrons. The van der Waals surface area contributed by atoms with Crippen LogP contribution in [0, 0.1) is 34.6 Å². The van der Waals surface area contributed by atoms with Gasteiger partial charge in [0.15, 0.2) is 0 Å². The van der Waals surface area contributed by atoms with E-state index in [1.54, 1.807) is 27.5 Å². The van der Waals surface area contributed by atoms with E-state index in [9.17, 15) is 0 Å². The van der Waals surface area contributed by atoms with Crippen LogP contribution >= 0.6 is 0 Å². The highest BCUT2D eigenvalue weighted by Gasteiger charge is 2.34. The lowest BCUT2D eigenvalue weighted by Crippen LogP contribution is -2.32. The van der Waals surface area contributed by atoms with Gasteiger partial charge < -0.3 is 0 Å². The van der Waals surface area contributed by atoms with Crippen LogP contribution in [-0.4, -0.2) is 9.52 Å². The first-order valence-electron chi connectivity index (χ1n) is 10.1. The van der Waals surface area contributed by atoms with Crippen molar-refractivity contribution in [3.05, 3.63) is 50.6 Å². The Morgan fingerprint density at radius 1 is 0.800 bits per heavy atom. The maximum absolute atomic E-state index is 2.61. The predicted molar refractivity (Wildman–Crippen MR) is 117 cm³/mol. The predicted octanol–water partition coefficient (Wildman–Crippen LogP) is 6.06. The summed E-state index contributed by atoms with van der Waals surface area (Å²) in [5.41, 5.74) is 12.5. The van der Waals surface area contributed by atoms with Gasteiger partial charge in [0.2, 0.25) is 0 Å². The fraction of sp³-hybridized carbons (Fsp3) is 0.583. The molecule has 0 aromatic heterocycles. The Bertz CT molecular complexity index is 704. The molecule has 1 unspecified atom stereocenters. The summed E-state index contributed by atoms with van der Waals surface area (Å²) in [5.74, 6) is 0. The van der Waals surface area contributed by atoms with Crippen LogP contribution in [0.25, 0.3) is 0 Å². The number of hydrogen-bond donors (Lipinski definition) is 0. The summed E-state index contributed by atoms with van der Waals surface area (Å²) in [6, 6.07) is 0. The van der Waals surface area contributed by atoms with Gasteiger partial charge in [-0.1, -0.05) is 49.1 Å². The highest BCUT2D eigenvalue weighted by molar-refractivity contribution is 6.59. The van der Waals surface area contributed by atoms with Crippen molar-refractivity contribution in [1.82, 2.24) is 0 Å². The molecule has 0 spiro atoms. The molecule has 0 nitrogen and oxygen atoms in total. The van der Waals surface area contributed by atoms with Crippen LogP contribution in [0.2, 0.25) is 5.04 Å². The van der Waals surface area contributed by atoms with Gasteiger partial charge in [-0.25, -0.2) is 0 Å². The topological polar surface area (TPSA) is 0 Å². The quantitative estimate of drug-likeness (QED) is 0.430. The summed E-state index contributed by atoms with van der Waals surface area (Å²) in [6.45, 7) is 21.2. The molecule has 25 heavy (non-hydrogen) atoms. The first-order chi connectivity index (χ1) is 11.6. The van der Waals surface area contributed by atoms with Crippen molar-refractivity contribution in [2.24, 2.45) is 0 Å². The normalized spacial score (nSPS) is 20.9. The first kappa shape index (κ1) is 20.2. The van der Waals surface area contributed by atoms with Crippen LogP contribution < -0.4 is 5.19 Å². The van der Waals surface area contributed by atoms with Crippen LogP contribution in [0.4, 0.5) is 0 Å². The van der Waals surface area contributed by atoms with Gasteiger partial charge >= 0.3 is 0 Å². The second-order valence-corrected chi connectivity index (χ2v) is 11.1. The zero-order valence-corrected chi connectivity index (χ0v) is 19.5. The summed E-state index contributed by atoms with van der Waals surface area (Å²) in [6.07, 6.45) is 7.91. The molecule has 1 heteroatoms. The van der Waals surface area contributed by atoms with Gasteiger partial charge in [-0.05, 0) is 94.7 Å². The van der Waals surface area contributed by atoms with E-state index in [-0.39, 0.29) is 0 Å². The third-order valence-corrected chi connectivity index (χ3v) is 9.78. The summed E-state index contributed by atoms with van der Waals surface area (Å²) < 4.78 is 0. The molecule has 0 aliphatic heterocycles. The maximum atomic E-state index is 2.61. The number of hydrogen-bond acceptors (Lipinski definition) is 0. The Hall–Kier alpha value is -1.08. The van der Waals surface area contributed by atoms with E-state index in [0.29, 0.717) is 5.04 Å². The highest BCUT2D eigenvalue weighted by Crippen LogP contribution is 2.48. The van der Waals surface area contributed by atoms with Crippen molar-refractivity contribution in [2.75, 3.05) is 0 Å². The fourth-order valence-corrected chi connectivity index (χ4v) is 7.59. The van der Waals surface area contributed by atoms with Crippen LogP contribution in [0.5, 0.6) is 0 Å². The SMILES string of the molecule is CCCCCC1=C(C)C(C)=CC1(C)[SiH2]c1c(C)c(C)c(C)c(C)c1C. The van der Waals surface area contributed by atoms with Gasteiger partial charge in [0.1, 0.15) is 0 Å². The van der Waals surface area contributed by atoms with Crippen molar-refractivity contribution in [3.8, 4) is 0 Å². The summed E-state index contributed by atoms with van der Waals surface area (Å²) in [7, 11) is -0.428. The summed E-state index contributed by atoms with van der Waals surface area (Å²) in [4.78, 5) is 0. The molecule has 0 radical (unpaired) electrons. The van der Waals surface area contributed by atoms with E-state index in [1.807, 2.05) is 0 Å². The Morgan fingerprint density at radius 3 is 1.84 bits per heavy atom. The van der Waals surface area contributed by atoms with E-state index in [1.165, 1.54) is 47.9 Å². The minimum absolute atomic E-state index is 0.325. The molecule has 1 aliphatic rings. The lowest BCUT2D eigenvalue weighted by molar-refractivity contribution is 0.680. The molecule has 2 rings (SSSR count). The second kappa shape index (κ2) is 7.66. The highest BCUT2D eigenvalue weighted by atomic mass is 28.2. The molecular formula is C24H38Si. The molecule has 1 aromatic carbocycles. The van der Waals surface area contributed by atoms with Crippen molar-refractivity contribution in [2.45, 2.75) is 93.0 Å². The Balaban J connectivity index is 2.45. The molecule has 0 bridgehead atoms. The Morgan fingerprint density at radius 2 is 1.32 bits per heavy atom. The van der Waals surface area contributed by atoms with Crippen molar-refractivity contribution in [1.29, 1.82) is 0 Å². The van der Waals surface area contributed by atoms with Crippen LogP contribution in [0.15, 0.2) is 22.8 Å². The van der Waals surface area contributed by atoms with Crippen LogP contribution in [-0.2, 0) is 0 Å². The van der Waals surface area contributed by atoms with E-state index in [4.69, 9.17) is 0 Å². The van der Waals surface area contributed by atoms with Gasteiger partial charge in [-0.15, -0.1) is 0 Å². The molecule has 0 saturated heterocycles. The van der Waals surface area contributed by atoms with Gasteiger partial charge in [0.25, 0.3) is 0 Å². The van der Waals surface area contributed by atoms with Gasteiger partial charge in [0, 0.05) is 5.04 Å². The van der Waals surface area contributed by atoms with Crippen LogP contribution in [0.1, 0.15) is 81.2 Å². The molecule has 1 atom stereocenters. The molecule has 1 aliphatic carbocycles. The first-order valence-corrected chi connectivity index (χ1v) is 11.5. The van der Waals surface area contributed by atoms with Gasteiger partial charge in [0.05, 0.1) is 9.52 Å². The number of unbranched alkanes of at least 4 members (excludes halogenated alkanes) is 2. The smallest absolute Gasteiger partial charge is 0.0709 e. The summed E-state index contributed by atoms with van der Waals surface area (Å²) in [5, 5.41) is 2.04. The van der Waals surface area contributed by atoms with Crippen molar-refractivity contribution < 1.29 is 0 Å². The second-order valence-electron chi connectivity index (χ2n) is 8.59. The molecule has 0 fully saturated rings. The molecular weight excluding hydrogens is 316 g/mol. The molecule has 1 aromatic rings. The fourth-order valence-electron chi connectivity index (χ4n) is 4.73. The van der Waals surface area contributed by atoms with Crippen molar-refractivity contribution >= 4 is 14.7 Å². The van der Waals surface area contributed by atoms with Gasteiger partial charge in [-0.3, -0.25) is 0 Å². The number of benzene rings is 1.